The van der Waals surface area contributed by atoms with Crippen molar-refractivity contribution in [3.8, 4) is 5.75 Å². The van der Waals surface area contributed by atoms with Gasteiger partial charge in [0.25, 0.3) is 0 Å². The first kappa shape index (κ1) is 21.9. The van der Waals surface area contributed by atoms with E-state index in [0.29, 0.717) is 26.1 Å². The molecule has 1 aliphatic rings. The van der Waals surface area contributed by atoms with Crippen molar-refractivity contribution >= 4 is 6.09 Å². The molecule has 2 heterocycles. The number of hydrogen-bond acceptors (Lipinski definition) is 6. The normalized spacial score (nSPS) is 20.1. The number of nitrogens with one attached hydrogen (secondary N) is 2. The molecule has 1 aliphatic heterocycles. The van der Waals surface area contributed by atoms with Crippen molar-refractivity contribution in [3.63, 3.8) is 0 Å². The third-order valence-electron chi connectivity index (χ3n) is 5.59. The zero-order valence-electron chi connectivity index (χ0n) is 18.0. The highest BCUT2D eigenvalue weighted by Gasteiger charge is 2.37. The standard InChI is InChI=1S/C24H28N4O4/c1-31-20-9-7-17(8-10-20)13-21-23(22(29)15-25-21)32-24(30)26-14-18-3-5-19(6-4-18)16-28-12-2-11-27-28/h2-12,21-23,25,29H,13-16H2,1H3,(H,26,30)/t21-,22+,23+/m1/s1. The molecule has 2 aromatic carbocycles. The van der Waals surface area contributed by atoms with E-state index in [4.69, 9.17) is 9.47 Å². The molecular formula is C24H28N4O4. The number of carbonyl (C=O) groups is 1. The van der Waals surface area contributed by atoms with Gasteiger partial charge in [-0.2, -0.15) is 5.10 Å². The van der Waals surface area contributed by atoms with Gasteiger partial charge in [-0.25, -0.2) is 4.79 Å². The number of alkyl carbamates (subject to hydrolysis) is 1. The molecule has 3 atom stereocenters. The Morgan fingerprint density at radius 3 is 2.56 bits per heavy atom. The van der Waals surface area contributed by atoms with Gasteiger partial charge < -0.3 is 25.2 Å². The number of methoxy groups -OCH3 is 1. The fourth-order valence-corrected chi connectivity index (χ4v) is 3.82. The SMILES string of the molecule is COc1ccc(C[C@H]2NC[C@H](O)[C@H]2OC(=O)NCc2ccc(Cn3cccn3)cc2)cc1. The Balaban J connectivity index is 1.27. The number of β-amino-alcohol motifs (C(OH)–C–C–N with tert-alkyl or cyclic N) is 1. The van der Waals surface area contributed by atoms with E-state index in [1.807, 2.05) is 65.5 Å². The van der Waals surface area contributed by atoms with Crippen LogP contribution in [0.15, 0.2) is 67.0 Å². The van der Waals surface area contributed by atoms with Crippen LogP contribution in [0.5, 0.6) is 5.75 Å². The monoisotopic (exact) mass is 436 g/mol. The van der Waals surface area contributed by atoms with Crippen molar-refractivity contribution in [1.29, 1.82) is 0 Å². The van der Waals surface area contributed by atoms with Crippen molar-refractivity contribution in [2.45, 2.75) is 37.8 Å². The molecule has 1 amide bonds. The average Bonchev–Trinajstić information content (AvgIpc) is 3.44. The van der Waals surface area contributed by atoms with Crippen molar-refractivity contribution < 1.29 is 19.4 Å². The minimum Gasteiger partial charge on any atom is -0.497 e. The topological polar surface area (TPSA) is 97.6 Å². The molecule has 4 rings (SSSR count). The Kier molecular flexibility index (Phi) is 7.03. The van der Waals surface area contributed by atoms with Crippen LogP contribution in [0.4, 0.5) is 4.79 Å². The summed E-state index contributed by atoms with van der Waals surface area (Å²) in [6.07, 6.45) is 2.40. The van der Waals surface area contributed by atoms with Crippen LogP contribution in [0.2, 0.25) is 0 Å². The summed E-state index contributed by atoms with van der Waals surface area (Å²) < 4.78 is 12.6. The van der Waals surface area contributed by atoms with Gasteiger partial charge in [-0.05, 0) is 41.3 Å². The number of aliphatic hydroxyl groups excluding tert-OH is 1. The Morgan fingerprint density at radius 1 is 1.16 bits per heavy atom. The van der Waals surface area contributed by atoms with Gasteiger partial charge in [0.2, 0.25) is 0 Å². The lowest BCUT2D eigenvalue weighted by atomic mass is 10.0. The van der Waals surface area contributed by atoms with Gasteiger partial charge in [0, 0.05) is 25.5 Å². The largest absolute Gasteiger partial charge is 0.497 e. The number of benzene rings is 2. The minimum absolute atomic E-state index is 0.161. The molecule has 168 valence electrons. The molecule has 0 bridgehead atoms. The summed E-state index contributed by atoms with van der Waals surface area (Å²) in [6.45, 7) is 1.43. The number of ether oxygens (including phenoxy) is 2. The lowest BCUT2D eigenvalue weighted by Gasteiger charge is -2.22. The quantitative estimate of drug-likeness (QED) is 0.500. The van der Waals surface area contributed by atoms with Crippen LogP contribution in [0.1, 0.15) is 16.7 Å². The third-order valence-corrected chi connectivity index (χ3v) is 5.59. The lowest BCUT2D eigenvalue weighted by molar-refractivity contribution is 0.0188. The average molecular weight is 437 g/mol. The maximum Gasteiger partial charge on any atom is 0.407 e. The molecule has 1 saturated heterocycles. The van der Waals surface area contributed by atoms with Crippen molar-refractivity contribution in [3.05, 3.63) is 83.7 Å². The minimum atomic E-state index is -0.745. The smallest absolute Gasteiger partial charge is 0.407 e. The second kappa shape index (κ2) is 10.3. The number of aromatic nitrogens is 2. The van der Waals surface area contributed by atoms with Gasteiger partial charge in [0.15, 0.2) is 0 Å². The summed E-state index contributed by atoms with van der Waals surface area (Å²) in [5, 5.41) is 20.5. The molecule has 0 radical (unpaired) electrons. The highest BCUT2D eigenvalue weighted by molar-refractivity contribution is 5.67. The molecule has 3 N–H and O–H groups in total. The Morgan fingerprint density at radius 2 is 1.88 bits per heavy atom. The Hall–Kier alpha value is -3.36. The van der Waals surface area contributed by atoms with E-state index in [9.17, 15) is 9.90 Å². The first-order valence-corrected chi connectivity index (χ1v) is 10.6. The first-order valence-electron chi connectivity index (χ1n) is 10.6. The third kappa shape index (κ3) is 5.66. The number of aliphatic hydroxyl groups is 1. The van der Waals surface area contributed by atoms with Crippen molar-refractivity contribution in [1.82, 2.24) is 20.4 Å². The van der Waals surface area contributed by atoms with Gasteiger partial charge >= 0.3 is 6.09 Å². The Bertz CT molecular complexity index is 990. The van der Waals surface area contributed by atoms with E-state index < -0.39 is 18.3 Å². The zero-order valence-corrected chi connectivity index (χ0v) is 18.0. The highest BCUT2D eigenvalue weighted by atomic mass is 16.6. The van der Waals surface area contributed by atoms with E-state index >= 15 is 0 Å². The summed E-state index contributed by atoms with van der Waals surface area (Å²) in [5.41, 5.74) is 3.16. The van der Waals surface area contributed by atoms with E-state index in [2.05, 4.69) is 15.7 Å². The van der Waals surface area contributed by atoms with E-state index in [1.165, 1.54) is 0 Å². The number of carbonyl (C=O) groups excluding carboxylic acids is 1. The molecule has 1 aromatic heterocycles. The Labute approximate surface area is 187 Å². The summed E-state index contributed by atoms with van der Waals surface area (Å²) in [7, 11) is 1.63. The number of hydrogen-bond donors (Lipinski definition) is 3. The molecular weight excluding hydrogens is 408 g/mol. The molecule has 3 aromatic rings. The van der Waals surface area contributed by atoms with Crippen LogP contribution in [-0.4, -0.2) is 52.9 Å². The predicted molar refractivity (Wildman–Crippen MR) is 119 cm³/mol. The maximum absolute atomic E-state index is 12.4. The molecule has 8 heteroatoms. The van der Waals surface area contributed by atoms with Crippen LogP contribution in [0.25, 0.3) is 0 Å². The fraction of sp³-hybridized carbons (Fsp3) is 0.333. The predicted octanol–water partition coefficient (Wildman–Crippen LogP) is 2.11. The van der Waals surface area contributed by atoms with E-state index in [0.717, 1.165) is 22.4 Å². The number of amides is 1. The summed E-state index contributed by atoms with van der Waals surface area (Å²) in [4.78, 5) is 12.4. The first-order chi connectivity index (χ1) is 15.6. The van der Waals surface area contributed by atoms with Gasteiger partial charge in [-0.3, -0.25) is 4.68 Å². The highest BCUT2D eigenvalue weighted by Crippen LogP contribution is 2.19. The maximum atomic E-state index is 12.4. The van der Waals surface area contributed by atoms with Crippen LogP contribution < -0.4 is 15.4 Å². The lowest BCUT2D eigenvalue weighted by Crippen LogP contribution is -2.41. The fourth-order valence-electron chi connectivity index (χ4n) is 3.82. The molecule has 0 aliphatic carbocycles. The van der Waals surface area contributed by atoms with Gasteiger partial charge in [0.05, 0.1) is 19.7 Å². The second-order valence-electron chi connectivity index (χ2n) is 7.88. The van der Waals surface area contributed by atoms with E-state index in [1.54, 1.807) is 13.3 Å². The van der Waals surface area contributed by atoms with Gasteiger partial charge in [-0.1, -0.05) is 36.4 Å². The van der Waals surface area contributed by atoms with Gasteiger partial charge in [-0.15, -0.1) is 0 Å². The van der Waals surface area contributed by atoms with Crippen molar-refractivity contribution in [2.24, 2.45) is 0 Å². The summed E-state index contributed by atoms with van der Waals surface area (Å²) in [5.74, 6) is 0.787. The van der Waals surface area contributed by atoms with Gasteiger partial charge in [0.1, 0.15) is 18.0 Å². The molecule has 32 heavy (non-hydrogen) atoms. The van der Waals surface area contributed by atoms with Crippen LogP contribution in [0, 0.1) is 0 Å². The van der Waals surface area contributed by atoms with Crippen LogP contribution in [0.3, 0.4) is 0 Å². The summed E-state index contributed by atoms with van der Waals surface area (Å²) in [6, 6.07) is 17.4. The molecule has 1 fully saturated rings. The molecule has 0 saturated carbocycles. The summed E-state index contributed by atoms with van der Waals surface area (Å²) >= 11 is 0. The molecule has 8 nitrogen and oxygen atoms in total. The molecule has 0 unspecified atom stereocenters. The zero-order chi connectivity index (χ0) is 22.3. The van der Waals surface area contributed by atoms with Crippen LogP contribution >= 0.6 is 0 Å². The van der Waals surface area contributed by atoms with Crippen LogP contribution in [-0.2, 0) is 24.2 Å². The van der Waals surface area contributed by atoms with E-state index in [-0.39, 0.29) is 6.04 Å². The van der Waals surface area contributed by atoms with Crippen molar-refractivity contribution in [2.75, 3.05) is 13.7 Å². The molecule has 0 spiro atoms. The number of nitrogens with zero attached hydrogens (tertiary/aromatic N) is 2. The second-order valence-corrected chi connectivity index (χ2v) is 7.88. The number of rotatable bonds is 8.